The number of aryl methyl sites for hydroxylation is 1. The topological polar surface area (TPSA) is 117 Å². The van der Waals surface area contributed by atoms with Gasteiger partial charge in [-0.25, -0.2) is 4.79 Å². The summed E-state index contributed by atoms with van der Waals surface area (Å²) in [6.45, 7) is 6.73. The Morgan fingerprint density at radius 2 is 2.16 bits per heavy atom. The highest BCUT2D eigenvalue weighted by Crippen LogP contribution is 2.33. The number of fused-ring (bicyclic) bond motifs is 1. The molecule has 0 radical (unpaired) electrons. The van der Waals surface area contributed by atoms with E-state index in [9.17, 15) is 20.2 Å². The maximum atomic E-state index is 12.5. The average Bonchev–Trinajstić information content (AvgIpc) is 3.02. The lowest BCUT2D eigenvalue weighted by molar-refractivity contribution is -0.385. The van der Waals surface area contributed by atoms with E-state index in [-0.39, 0.29) is 31.3 Å². The highest BCUT2D eigenvalue weighted by molar-refractivity contribution is 5.98. The van der Waals surface area contributed by atoms with Gasteiger partial charge in [0.05, 0.1) is 11.5 Å². The summed E-state index contributed by atoms with van der Waals surface area (Å²) in [6.07, 6.45) is 2.47. The van der Waals surface area contributed by atoms with E-state index in [0.717, 1.165) is 29.9 Å². The molecule has 0 N–H and O–H groups in total. The van der Waals surface area contributed by atoms with Gasteiger partial charge in [-0.1, -0.05) is 6.92 Å². The van der Waals surface area contributed by atoms with Crippen LogP contribution in [0.5, 0.6) is 5.75 Å². The minimum atomic E-state index is -0.810. The van der Waals surface area contributed by atoms with Gasteiger partial charge < -0.3 is 18.8 Å². The monoisotopic (exact) mass is 425 g/mol. The van der Waals surface area contributed by atoms with Gasteiger partial charge in [0.25, 0.3) is 5.69 Å². The third-order valence-electron chi connectivity index (χ3n) is 5.04. The Kier molecular flexibility index (Phi) is 6.72. The Bertz CT molecular complexity index is 1090. The summed E-state index contributed by atoms with van der Waals surface area (Å²) < 4.78 is 18.0. The molecular formula is C22H23N3O6. The molecule has 0 amide bonds. The Labute approximate surface area is 179 Å². The van der Waals surface area contributed by atoms with Gasteiger partial charge in [-0.3, -0.25) is 10.1 Å². The van der Waals surface area contributed by atoms with Gasteiger partial charge in [-0.2, -0.15) is 5.26 Å². The average molecular weight is 425 g/mol. The van der Waals surface area contributed by atoms with E-state index in [2.05, 4.69) is 11.5 Å². The zero-order chi connectivity index (χ0) is 22.5. The predicted octanol–water partition coefficient (Wildman–Crippen LogP) is 3.94. The van der Waals surface area contributed by atoms with E-state index in [1.807, 2.05) is 26.0 Å². The SMILES string of the molecule is CCCn1c(C)cc(C=C(C#N)C(=O)OCc2cc([N+](=O)[O-])cc3c2OCOC3)c1C. The fourth-order valence-corrected chi connectivity index (χ4v) is 3.55. The molecule has 0 spiro atoms. The van der Waals surface area contributed by atoms with Crippen LogP contribution in [-0.2, 0) is 34.0 Å². The molecule has 0 unspecified atom stereocenters. The zero-order valence-electron chi connectivity index (χ0n) is 17.6. The standard InChI is InChI=1S/C22H23N3O6/c1-4-5-24-14(2)6-16(15(24)3)7-17(10-23)22(26)30-12-19-9-20(25(27)28)8-18-11-29-13-31-21(18)19/h6-9H,4-5,11-13H2,1-3H3. The molecule has 3 rings (SSSR count). The molecule has 0 fully saturated rings. The number of nitro groups is 1. The van der Waals surface area contributed by atoms with Crippen LogP contribution in [0.4, 0.5) is 5.69 Å². The second-order valence-corrected chi connectivity index (χ2v) is 7.18. The summed E-state index contributed by atoms with van der Waals surface area (Å²) in [4.78, 5) is 23.2. The molecule has 1 aliphatic rings. The Morgan fingerprint density at radius 3 is 2.84 bits per heavy atom. The molecule has 0 saturated heterocycles. The molecule has 0 bridgehead atoms. The van der Waals surface area contributed by atoms with Crippen LogP contribution in [0, 0.1) is 35.3 Å². The zero-order valence-corrected chi connectivity index (χ0v) is 17.6. The van der Waals surface area contributed by atoms with E-state index < -0.39 is 10.9 Å². The van der Waals surface area contributed by atoms with Crippen LogP contribution in [-0.4, -0.2) is 22.3 Å². The van der Waals surface area contributed by atoms with Gasteiger partial charge in [-0.15, -0.1) is 0 Å². The Hall–Kier alpha value is -3.64. The number of nitro benzene ring substituents is 1. The summed E-state index contributed by atoms with van der Waals surface area (Å²) in [5.74, 6) is -0.412. The van der Waals surface area contributed by atoms with Crippen molar-refractivity contribution < 1.29 is 23.9 Å². The summed E-state index contributed by atoms with van der Waals surface area (Å²) in [7, 11) is 0. The van der Waals surface area contributed by atoms with Crippen LogP contribution >= 0.6 is 0 Å². The van der Waals surface area contributed by atoms with Crippen LogP contribution in [0.3, 0.4) is 0 Å². The molecule has 0 saturated carbocycles. The molecule has 2 heterocycles. The molecule has 162 valence electrons. The van der Waals surface area contributed by atoms with Crippen molar-refractivity contribution in [2.45, 2.75) is 47.0 Å². The number of hydrogen-bond donors (Lipinski definition) is 0. The molecular weight excluding hydrogens is 402 g/mol. The number of hydrogen-bond acceptors (Lipinski definition) is 7. The molecule has 1 aliphatic heterocycles. The maximum absolute atomic E-state index is 12.5. The first-order chi connectivity index (χ1) is 14.8. The second kappa shape index (κ2) is 9.45. The fourth-order valence-electron chi connectivity index (χ4n) is 3.55. The summed E-state index contributed by atoms with van der Waals surface area (Å²) in [6, 6.07) is 6.47. The van der Waals surface area contributed by atoms with E-state index in [4.69, 9.17) is 14.2 Å². The van der Waals surface area contributed by atoms with Gasteiger partial charge >= 0.3 is 5.97 Å². The van der Waals surface area contributed by atoms with Crippen molar-refractivity contribution in [2.75, 3.05) is 6.79 Å². The second-order valence-electron chi connectivity index (χ2n) is 7.18. The fraction of sp³-hybridized carbons (Fsp3) is 0.364. The maximum Gasteiger partial charge on any atom is 0.349 e. The lowest BCUT2D eigenvalue weighted by Gasteiger charge is -2.20. The van der Waals surface area contributed by atoms with Crippen molar-refractivity contribution in [1.29, 1.82) is 5.26 Å². The summed E-state index contributed by atoms with van der Waals surface area (Å²) >= 11 is 0. The van der Waals surface area contributed by atoms with E-state index in [0.29, 0.717) is 16.9 Å². The number of carbonyl (C=O) groups excluding carboxylic acids is 1. The molecule has 0 aliphatic carbocycles. The third-order valence-corrected chi connectivity index (χ3v) is 5.04. The normalized spacial score (nSPS) is 13.2. The minimum absolute atomic E-state index is 0.00246. The number of nitriles is 1. The van der Waals surface area contributed by atoms with Crippen molar-refractivity contribution >= 4 is 17.7 Å². The first-order valence-corrected chi connectivity index (χ1v) is 9.82. The van der Waals surface area contributed by atoms with E-state index >= 15 is 0 Å². The van der Waals surface area contributed by atoms with Crippen LogP contribution in [0.2, 0.25) is 0 Å². The van der Waals surface area contributed by atoms with Gasteiger partial charge in [0.2, 0.25) is 0 Å². The molecule has 31 heavy (non-hydrogen) atoms. The van der Waals surface area contributed by atoms with Crippen molar-refractivity contribution in [3.8, 4) is 11.8 Å². The number of aromatic nitrogens is 1. The van der Waals surface area contributed by atoms with E-state index in [1.165, 1.54) is 18.2 Å². The van der Waals surface area contributed by atoms with Crippen molar-refractivity contribution in [3.05, 3.63) is 62.0 Å². The van der Waals surface area contributed by atoms with Crippen molar-refractivity contribution in [1.82, 2.24) is 4.57 Å². The number of esters is 1. The molecule has 0 atom stereocenters. The highest BCUT2D eigenvalue weighted by atomic mass is 16.7. The molecule has 1 aromatic heterocycles. The van der Waals surface area contributed by atoms with Gasteiger partial charge in [-0.05, 0) is 38.0 Å². The first kappa shape index (κ1) is 22.1. The predicted molar refractivity (Wildman–Crippen MR) is 111 cm³/mol. The van der Waals surface area contributed by atoms with Gasteiger partial charge in [0.1, 0.15) is 24.0 Å². The summed E-state index contributed by atoms with van der Waals surface area (Å²) in [5, 5.41) is 20.7. The Morgan fingerprint density at radius 1 is 1.39 bits per heavy atom. The molecule has 9 nitrogen and oxygen atoms in total. The summed E-state index contributed by atoms with van der Waals surface area (Å²) in [5.41, 5.74) is 3.32. The van der Waals surface area contributed by atoms with Crippen LogP contribution < -0.4 is 4.74 Å². The van der Waals surface area contributed by atoms with E-state index in [1.54, 1.807) is 0 Å². The molecule has 2 aromatic rings. The lowest BCUT2D eigenvalue weighted by Crippen LogP contribution is -2.15. The Balaban J connectivity index is 1.82. The van der Waals surface area contributed by atoms with Crippen molar-refractivity contribution in [2.24, 2.45) is 0 Å². The van der Waals surface area contributed by atoms with Gasteiger partial charge in [0, 0.05) is 41.2 Å². The van der Waals surface area contributed by atoms with Crippen LogP contribution in [0.15, 0.2) is 23.8 Å². The number of non-ortho nitro benzene ring substituents is 1. The number of carbonyl (C=O) groups is 1. The third kappa shape index (κ3) is 4.75. The highest BCUT2D eigenvalue weighted by Gasteiger charge is 2.22. The number of benzene rings is 1. The van der Waals surface area contributed by atoms with Crippen LogP contribution in [0.1, 0.15) is 41.4 Å². The smallest absolute Gasteiger partial charge is 0.349 e. The van der Waals surface area contributed by atoms with Crippen LogP contribution in [0.25, 0.3) is 6.08 Å². The lowest BCUT2D eigenvalue weighted by atomic mass is 10.1. The van der Waals surface area contributed by atoms with Crippen molar-refractivity contribution in [3.63, 3.8) is 0 Å². The number of rotatable bonds is 7. The number of ether oxygens (including phenoxy) is 3. The quantitative estimate of drug-likeness (QED) is 0.217. The first-order valence-electron chi connectivity index (χ1n) is 9.82. The molecule has 9 heteroatoms. The largest absolute Gasteiger partial charge is 0.467 e. The van der Waals surface area contributed by atoms with Gasteiger partial charge in [0.15, 0.2) is 6.79 Å². The molecule has 1 aromatic carbocycles. The minimum Gasteiger partial charge on any atom is -0.467 e. The number of nitrogens with zero attached hydrogens (tertiary/aromatic N) is 3.